The van der Waals surface area contributed by atoms with Crippen LogP contribution < -0.4 is 30.4 Å². The summed E-state index contributed by atoms with van der Waals surface area (Å²) in [4.78, 5) is 7.74. The fourth-order valence-electron chi connectivity index (χ4n) is 12.1. The fourth-order valence-corrected chi connectivity index (χ4v) is 14.6. The molecule has 0 unspecified atom stereocenters. The van der Waals surface area contributed by atoms with Gasteiger partial charge in [-0.15, -0.1) is 22.7 Å². The summed E-state index contributed by atoms with van der Waals surface area (Å²) in [6.07, 6.45) is 0. The van der Waals surface area contributed by atoms with Crippen LogP contribution in [0, 0.1) is 0 Å². The van der Waals surface area contributed by atoms with Gasteiger partial charge in [0.1, 0.15) is 0 Å². The summed E-state index contributed by atoms with van der Waals surface area (Å²) >= 11 is 3.86. The number of para-hydroxylation sites is 5. The van der Waals surface area contributed by atoms with Crippen molar-refractivity contribution in [1.82, 2.24) is 4.57 Å². The lowest BCUT2D eigenvalue weighted by atomic mass is 9.36. The lowest BCUT2D eigenvalue weighted by molar-refractivity contribution is 1.11. The van der Waals surface area contributed by atoms with Crippen LogP contribution in [0.2, 0.25) is 0 Å². The Morgan fingerprint density at radius 2 is 0.986 bits per heavy atom. The van der Waals surface area contributed by atoms with Crippen molar-refractivity contribution in [2.75, 3.05) is 14.7 Å². The maximum atomic E-state index is 2.67. The van der Waals surface area contributed by atoms with Crippen LogP contribution in [-0.2, 0) is 0 Å². The molecule has 3 aromatic heterocycles. The quantitative estimate of drug-likeness (QED) is 0.160. The van der Waals surface area contributed by atoms with Gasteiger partial charge < -0.3 is 19.3 Å². The Hall–Kier alpha value is -8.36. The molecule has 0 bridgehead atoms. The first kappa shape index (κ1) is 37.7. The summed E-state index contributed by atoms with van der Waals surface area (Å²) in [6.45, 7) is -0.0369. The molecule has 0 atom stereocenters. The Morgan fingerprint density at radius 1 is 0.377 bits per heavy atom. The third kappa shape index (κ3) is 5.13. The average Bonchev–Trinajstić information content (AvgIpc) is 4.10. The van der Waals surface area contributed by atoms with E-state index in [9.17, 15) is 0 Å². The zero-order valence-corrected chi connectivity index (χ0v) is 38.7. The molecule has 0 spiro atoms. The van der Waals surface area contributed by atoms with Crippen LogP contribution in [0.25, 0.3) is 68.9 Å². The summed E-state index contributed by atoms with van der Waals surface area (Å²) in [7, 11) is 0. The normalized spacial score (nSPS) is 13.1. The molecule has 320 valence electrons. The lowest BCUT2D eigenvalue weighted by Gasteiger charge is -2.46. The second-order valence-corrected chi connectivity index (χ2v) is 20.5. The van der Waals surface area contributed by atoms with Crippen LogP contribution >= 0.6 is 22.7 Å². The highest BCUT2D eigenvalue weighted by molar-refractivity contribution is 7.34. The first-order valence-electron chi connectivity index (χ1n) is 23.6. The van der Waals surface area contributed by atoms with Gasteiger partial charge in [-0.3, -0.25) is 0 Å². The summed E-state index contributed by atoms with van der Waals surface area (Å²) in [5.74, 6) is 0. The highest BCUT2D eigenvalue weighted by Gasteiger charge is 2.48. The van der Waals surface area contributed by atoms with E-state index in [1.807, 2.05) is 22.7 Å². The summed E-state index contributed by atoms with van der Waals surface area (Å²) < 4.78 is 7.78. The molecule has 6 heterocycles. The van der Waals surface area contributed by atoms with Gasteiger partial charge in [0.2, 0.25) is 0 Å². The monoisotopic (exact) mass is 912 g/mol. The Labute approximate surface area is 406 Å². The molecule has 0 fully saturated rings. The number of fused-ring (bicyclic) bond motifs is 14. The van der Waals surface area contributed by atoms with Crippen LogP contribution in [0.3, 0.4) is 0 Å². The van der Waals surface area contributed by atoms with Crippen molar-refractivity contribution in [1.29, 1.82) is 0 Å². The van der Waals surface area contributed by atoms with Gasteiger partial charge >= 0.3 is 0 Å². The maximum Gasteiger partial charge on any atom is 0.264 e. The van der Waals surface area contributed by atoms with Gasteiger partial charge in [-0.25, -0.2) is 0 Å². The van der Waals surface area contributed by atoms with Gasteiger partial charge in [-0.1, -0.05) is 146 Å². The molecule has 4 nitrogen and oxygen atoms in total. The van der Waals surface area contributed by atoms with E-state index in [2.05, 4.69) is 244 Å². The lowest BCUT2D eigenvalue weighted by Crippen LogP contribution is -2.61. The molecule has 0 radical (unpaired) electrons. The van der Waals surface area contributed by atoms with Crippen LogP contribution in [0.1, 0.15) is 0 Å². The van der Waals surface area contributed by atoms with Crippen molar-refractivity contribution < 1.29 is 0 Å². The Balaban J connectivity index is 1.09. The minimum Gasteiger partial charge on any atom is -0.310 e. The molecule has 0 N–H and O–H groups in total. The smallest absolute Gasteiger partial charge is 0.264 e. The predicted octanol–water partition coefficient (Wildman–Crippen LogP) is 15.9. The average molecular weight is 913 g/mol. The SMILES string of the molecule is c1ccc(-c2ccc3sc4c(c3c2)N(c2cccc3c2sc2ccccc23)c2cc(N(c3ccccc3)c3ccccc3)cc3c2B4c2cccc4c2N3c2cccc3c5ccccc5n-4c23)cc1. The van der Waals surface area contributed by atoms with Crippen molar-refractivity contribution >= 4 is 148 Å². The van der Waals surface area contributed by atoms with Gasteiger partial charge in [-0.05, 0) is 101 Å². The summed E-state index contributed by atoms with van der Waals surface area (Å²) in [5.41, 5.74) is 19.4. The summed E-state index contributed by atoms with van der Waals surface area (Å²) in [6, 6.07) is 83.6. The largest absolute Gasteiger partial charge is 0.310 e. The first-order chi connectivity index (χ1) is 34.3. The number of aromatic nitrogens is 1. The molecule has 0 amide bonds. The molecule has 0 aliphatic carbocycles. The van der Waals surface area contributed by atoms with Crippen LogP contribution in [0.15, 0.2) is 224 Å². The molecular weight excluding hydrogens is 876 g/mol. The molecule has 0 saturated heterocycles. The van der Waals surface area contributed by atoms with Crippen LogP contribution in [-0.4, -0.2) is 11.3 Å². The van der Waals surface area contributed by atoms with Crippen molar-refractivity contribution in [2.45, 2.75) is 0 Å². The molecule has 3 aliphatic rings. The number of hydrogen-bond acceptors (Lipinski definition) is 5. The Kier molecular flexibility index (Phi) is 7.70. The highest BCUT2D eigenvalue weighted by atomic mass is 32.1. The third-order valence-corrected chi connectivity index (χ3v) is 17.3. The zero-order valence-electron chi connectivity index (χ0n) is 37.0. The Morgan fingerprint density at radius 3 is 1.77 bits per heavy atom. The number of nitrogens with zero attached hydrogens (tertiary/aromatic N) is 4. The molecule has 69 heavy (non-hydrogen) atoms. The minimum atomic E-state index is -0.0369. The van der Waals surface area contributed by atoms with Gasteiger partial charge in [-0.2, -0.15) is 0 Å². The molecule has 16 rings (SSSR count). The zero-order chi connectivity index (χ0) is 44.9. The molecule has 0 saturated carbocycles. The van der Waals surface area contributed by atoms with E-state index in [0.29, 0.717) is 0 Å². The van der Waals surface area contributed by atoms with E-state index >= 15 is 0 Å². The van der Waals surface area contributed by atoms with Gasteiger partial charge in [0.05, 0.1) is 49.9 Å². The van der Waals surface area contributed by atoms with Gasteiger partial charge in [0.15, 0.2) is 0 Å². The van der Waals surface area contributed by atoms with Crippen molar-refractivity contribution in [3.05, 3.63) is 224 Å². The summed E-state index contributed by atoms with van der Waals surface area (Å²) in [5, 5.41) is 6.38. The highest BCUT2D eigenvalue weighted by Crippen LogP contribution is 2.56. The second-order valence-electron chi connectivity index (χ2n) is 18.4. The second kappa shape index (κ2) is 14.1. The third-order valence-electron chi connectivity index (χ3n) is 14.8. The predicted molar refractivity (Wildman–Crippen MR) is 297 cm³/mol. The molecule has 7 heteroatoms. The van der Waals surface area contributed by atoms with E-state index < -0.39 is 0 Å². The van der Waals surface area contributed by atoms with Crippen molar-refractivity contribution in [2.24, 2.45) is 0 Å². The topological polar surface area (TPSA) is 14.7 Å². The number of anilines is 9. The van der Waals surface area contributed by atoms with E-state index in [0.717, 1.165) is 17.1 Å². The van der Waals surface area contributed by atoms with E-state index in [1.54, 1.807) is 0 Å². The van der Waals surface area contributed by atoms with Crippen molar-refractivity contribution in [3.63, 3.8) is 0 Å². The molecule has 10 aromatic carbocycles. The number of rotatable bonds is 5. The van der Waals surface area contributed by atoms with Gasteiger partial charge in [0.25, 0.3) is 6.71 Å². The molecule has 13 aromatic rings. The standard InChI is InChI=1S/C62H37BN4S2/c1-4-17-38(18-5-1)39-33-34-56-47(35-39)59-62(69-56)63-48-27-16-30-51-60(48)66(50-29-14-25-45-43-23-10-12-28-49(43)65(51)58(45)50)53-36-42(64(40-19-6-2-7-20-40)41-21-8-3-9-22-41)37-54(57(53)63)67(59)52-31-15-26-46-44-24-11-13-32-55(44)68-61(46)52/h1-37H. The van der Waals surface area contributed by atoms with Crippen LogP contribution in [0.4, 0.5) is 51.2 Å². The van der Waals surface area contributed by atoms with Gasteiger partial charge in [0, 0.05) is 63.9 Å². The minimum absolute atomic E-state index is 0.0369. The van der Waals surface area contributed by atoms with Crippen molar-refractivity contribution in [3.8, 4) is 16.8 Å². The van der Waals surface area contributed by atoms with E-state index in [4.69, 9.17) is 0 Å². The number of thiophene rings is 2. The fraction of sp³-hybridized carbons (Fsp3) is 0. The van der Waals surface area contributed by atoms with E-state index in [1.165, 1.54) is 119 Å². The number of benzene rings is 10. The first-order valence-corrected chi connectivity index (χ1v) is 25.3. The maximum absolute atomic E-state index is 2.67. The number of hydrogen-bond donors (Lipinski definition) is 0. The molecule has 3 aliphatic heterocycles. The van der Waals surface area contributed by atoms with Crippen LogP contribution in [0.5, 0.6) is 0 Å². The van der Waals surface area contributed by atoms with E-state index in [-0.39, 0.29) is 6.71 Å². The Bertz CT molecular complexity index is 4250. The molecular formula is C62H37BN4S2.